The molecule has 1 unspecified atom stereocenters. The Kier molecular flexibility index (Phi) is 7.57. The molecular weight excluding hydrogens is 312 g/mol. The standard InChI is InChI=1S/C20H38N4O/c1-5-10-20(4)11-7-12-24(16-20)19(21-6-2)22-15-18-8-13-23(14-9-18)17(3)25/h18H,5-16H2,1-4H3,(H,21,22). The number of guanidine groups is 1. The fraction of sp³-hybridized carbons (Fsp3) is 0.900. The molecule has 5 nitrogen and oxygen atoms in total. The molecule has 1 atom stereocenters. The Labute approximate surface area is 154 Å². The van der Waals surface area contributed by atoms with Crippen molar-refractivity contribution in [3.8, 4) is 0 Å². The van der Waals surface area contributed by atoms with E-state index in [1.165, 1.54) is 25.7 Å². The fourth-order valence-electron chi connectivity index (χ4n) is 4.38. The number of likely N-dealkylation sites (tertiary alicyclic amines) is 2. The van der Waals surface area contributed by atoms with Crippen LogP contribution in [0.25, 0.3) is 0 Å². The van der Waals surface area contributed by atoms with E-state index in [0.717, 1.165) is 58.1 Å². The second-order valence-electron chi connectivity index (χ2n) is 8.23. The van der Waals surface area contributed by atoms with Crippen molar-refractivity contribution in [2.24, 2.45) is 16.3 Å². The minimum Gasteiger partial charge on any atom is -0.357 e. The molecule has 0 spiro atoms. The van der Waals surface area contributed by atoms with Crippen molar-refractivity contribution in [2.45, 2.75) is 66.2 Å². The average Bonchev–Trinajstić information content (AvgIpc) is 2.59. The van der Waals surface area contributed by atoms with E-state index in [-0.39, 0.29) is 5.91 Å². The van der Waals surface area contributed by atoms with Crippen LogP contribution in [0.3, 0.4) is 0 Å². The number of hydrogen-bond acceptors (Lipinski definition) is 2. The molecule has 1 amide bonds. The molecule has 2 heterocycles. The molecule has 25 heavy (non-hydrogen) atoms. The Bertz CT molecular complexity index is 453. The van der Waals surface area contributed by atoms with Gasteiger partial charge in [-0.25, -0.2) is 0 Å². The van der Waals surface area contributed by atoms with Crippen molar-refractivity contribution in [3.63, 3.8) is 0 Å². The van der Waals surface area contributed by atoms with Crippen LogP contribution in [-0.2, 0) is 4.79 Å². The Morgan fingerprint density at radius 3 is 2.52 bits per heavy atom. The van der Waals surface area contributed by atoms with Crippen LogP contribution >= 0.6 is 0 Å². The second kappa shape index (κ2) is 9.44. The van der Waals surface area contributed by atoms with Crippen LogP contribution in [-0.4, -0.2) is 60.9 Å². The lowest BCUT2D eigenvalue weighted by Gasteiger charge is -2.42. The summed E-state index contributed by atoms with van der Waals surface area (Å²) in [7, 11) is 0. The summed E-state index contributed by atoms with van der Waals surface area (Å²) in [4.78, 5) is 20.9. The van der Waals surface area contributed by atoms with E-state index in [1.807, 2.05) is 4.90 Å². The first-order valence-electron chi connectivity index (χ1n) is 10.3. The monoisotopic (exact) mass is 350 g/mol. The van der Waals surface area contributed by atoms with Crippen LogP contribution in [0.15, 0.2) is 4.99 Å². The number of rotatable bonds is 5. The summed E-state index contributed by atoms with van der Waals surface area (Å²) in [5.41, 5.74) is 0.427. The van der Waals surface area contributed by atoms with Crippen molar-refractivity contribution < 1.29 is 4.79 Å². The molecule has 2 aliphatic heterocycles. The first kappa shape index (κ1) is 20.1. The van der Waals surface area contributed by atoms with Gasteiger partial charge >= 0.3 is 0 Å². The summed E-state index contributed by atoms with van der Waals surface area (Å²) in [5, 5.41) is 3.51. The van der Waals surface area contributed by atoms with Crippen LogP contribution in [0.2, 0.25) is 0 Å². The number of carbonyl (C=O) groups is 1. The molecule has 0 aromatic rings. The van der Waals surface area contributed by atoms with Crippen LogP contribution in [0.1, 0.15) is 66.2 Å². The highest BCUT2D eigenvalue weighted by molar-refractivity contribution is 5.80. The van der Waals surface area contributed by atoms with E-state index in [4.69, 9.17) is 4.99 Å². The topological polar surface area (TPSA) is 47.9 Å². The largest absolute Gasteiger partial charge is 0.357 e. The van der Waals surface area contributed by atoms with Gasteiger partial charge in [-0.3, -0.25) is 9.79 Å². The molecule has 2 saturated heterocycles. The zero-order valence-corrected chi connectivity index (χ0v) is 16.8. The molecule has 0 aromatic heterocycles. The molecule has 2 fully saturated rings. The van der Waals surface area contributed by atoms with Gasteiger partial charge in [-0.05, 0) is 50.4 Å². The molecular formula is C20H38N4O. The van der Waals surface area contributed by atoms with E-state index >= 15 is 0 Å². The first-order valence-corrected chi connectivity index (χ1v) is 10.3. The summed E-state index contributed by atoms with van der Waals surface area (Å²) in [6.45, 7) is 14.4. The molecule has 0 bridgehead atoms. The maximum atomic E-state index is 11.5. The van der Waals surface area contributed by atoms with Crippen LogP contribution < -0.4 is 5.32 Å². The third-order valence-corrected chi connectivity index (χ3v) is 5.83. The minimum absolute atomic E-state index is 0.207. The molecule has 144 valence electrons. The SMILES string of the molecule is CCCC1(C)CCCN(C(=NCC2CCN(C(C)=O)CC2)NCC)C1. The van der Waals surface area contributed by atoms with Gasteiger partial charge < -0.3 is 15.1 Å². The Morgan fingerprint density at radius 2 is 1.92 bits per heavy atom. The number of carbonyl (C=O) groups excluding carboxylic acids is 1. The Morgan fingerprint density at radius 1 is 1.20 bits per heavy atom. The number of aliphatic imine (C=N–C) groups is 1. The zero-order valence-electron chi connectivity index (χ0n) is 16.8. The van der Waals surface area contributed by atoms with Gasteiger partial charge in [0.1, 0.15) is 0 Å². The molecule has 0 aromatic carbocycles. The van der Waals surface area contributed by atoms with Gasteiger partial charge in [-0.15, -0.1) is 0 Å². The highest BCUT2D eigenvalue weighted by atomic mass is 16.2. The highest BCUT2D eigenvalue weighted by Gasteiger charge is 2.31. The summed E-state index contributed by atoms with van der Waals surface area (Å²) in [6, 6.07) is 0. The predicted molar refractivity (Wildman–Crippen MR) is 105 cm³/mol. The molecule has 0 saturated carbocycles. The Hall–Kier alpha value is -1.26. The van der Waals surface area contributed by atoms with Crippen molar-refractivity contribution >= 4 is 11.9 Å². The lowest BCUT2D eigenvalue weighted by atomic mass is 9.78. The van der Waals surface area contributed by atoms with E-state index in [9.17, 15) is 4.79 Å². The second-order valence-corrected chi connectivity index (χ2v) is 8.23. The third-order valence-electron chi connectivity index (χ3n) is 5.83. The fourth-order valence-corrected chi connectivity index (χ4v) is 4.38. The summed E-state index contributed by atoms with van der Waals surface area (Å²) >= 11 is 0. The summed E-state index contributed by atoms with van der Waals surface area (Å²) in [5.74, 6) is 1.91. The van der Waals surface area contributed by atoms with E-state index in [0.29, 0.717) is 11.3 Å². The van der Waals surface area contributed by atoms with Crippen molar-refractivity contribution in [2.75, 3.05) is 39.3 Å². The van der Waals surface area contributed by atoms with Crippen molar-refractivity contribution in [1.29, 1.82) is 0 Å². The number of hydrogen-bond donors (Lipinski definition) is 1. The molecule has 2 rings (SSSR count). The minimum atomic E-state index is 0.207. The molecule has 5 heteroatoms. The Balaban J connectivity index is 1.93. The maximum absolute atomic E-state index is 11.5. The van der Waals surface area contributed by atoms with Gasteiger partial charge in [0, 0.05) is 46.2 Å². The third kappa shape index (κ3) is 5.89. The lowest BCUT2D eigenvalue weighted by Crippen LogP contribution is -2.50. The van der Waals surface area contributed by atoms with E-state index in [2.05, 4.69) is 31.0 Å². The smallest absolute Gasteiger partial charge is 0.219 e. The summed E-state index contributed by atoms with van der Waals surface area (Å²) in [6.07, 6.45) is 7.31. The summed E-state index contributed by atoms with van der Waals surface area (Å²) < 4.78 is 0. The number of amides is 1. The normalized spacial score (nSPS) is 26.0. The predicted octanol–water partition coefficient (Wildman–Crippen LogP) is 3.11. The van der Waals surface area contributed by atoms with Gasteiger partial charge in [0.25, 0.3) is 0 Å². The molecule has 1 N–H and O–H groups in total. The number of nitrogens with zero attached hydrogens (tertiary/aromatic N) is 3. The van der Waals surface area contributed by atoms with E-state index < -0.39 is 0 Å². The molecule has 0 aliphatic carbocycles. The van der Waals surface area contributed by atoms with Gasteiger partial charge in [-0.1, -0.05) is 20.3 Å². The van der Waals surface area contributed by atoms with Crippen LogP contribution in [0.5, 0.6) is 0 Å². The number of nitrogens with one attached hydrogen (secondary N) is 1. The van der Waals surface area contributed by atoms with Gasteiger partial charge in [0.15, 0.2) is 5.96 Å². The zero-order chi connectivity index (χ0) is 18.3. The average molecular weight is 351 g/mol. The first-order chi connectivity index (χ1) is 12.0. The quantitative estimate of drug-likeness (QED) is 0.612. The van der Waals surface area contributed by atoms with Gasteiger partial charge in [0.05, 0.1) is 0 Å². The maximum Gasteiger partial charge on any atom is 0.219 e. The van der Waals surface area contributed by atoms with Crippen molar-refractivity contribution in [3.05, 3.63) is 0 Å². The lowest BCUT2D eigenvalue weighted by molar-refractivity contribution is -0.130. The van der Waals surface area contributed by atoms with Gasteiger partial charge in [0.2, 0.25) is 5.91 Å². The van der Waals surface area contributed by atoms with Gasteiger partial charge in [-0.2, -0.15) is 0 Å². The molecule has 0 radical (unpaired) electrons. The van der Waals surface area contributed by atoms with Crippen LogP contribution in [0.4, 0.5) is 0 Å². The van der Waals surface area contributed by atoms with Crippen molar-refractivity contribution in [1.82, 2.24) is 15.1 Å². The highest BCUT2D eigenvalue weighted by Crippen LogP contribution is 2.34. The molecule has 2 aliphatic rings. The number of piperidine rings is 2. The van der Waals surface area contributed by atoms with E-state index in [1.54, 1.807) is 6.92 Å². The van der Waals surface area contributed by atoms with Crippen LogP contribution in [0, 0.1) is 11.3 Å².